The van der Waals surface area contributed by atoms with Crippen molar-refractivity contribution < 1.29 is 17.6 Å². The molecule has 1 aromatic rings. The summed E-state index contributed by atoms with van der Waals surface area (Å²) >= 11 is 0. The summed E-state index contributed by atoms with van der Waals surface area (Å²) < 4.78 is 54.7. The zero-order chi connectivity index (χ0) is 18.1. The Morgan fingerprint density at radius 2 is 1.17 bits per heavy atom. The average Bonchev–Trinajstić information content (AvgIpc) is 2.45. The van der Waals surface area contributed by atoms with E-state index < -0.39 is 42.4 Å². The van der Waals surface area contributed by atoms with Crippen LogP contribution in [0.15, 0.2) is 0 Å². The Kier molecular flexibility index (Phi) is 6.14. The van der Waals surface area contributed by atoms with Gasteiger partial charge in [-0.15, -0.1) is 5.54 Å². The van der Waals surface area contributed by atoms with Gasteiger partial charge < -0.3 is 0 Å². The van der Waals surface area contributed by atoms with Crippen molar-refractivity contribution in [2.75, 3.05) is 0 Å². The third-order valence-electron chi connectivity index (χ3n) is 4.57. The molecule has 0 amide bonds. The molecule has 0 aliphatic rings. The molecule has 0 saturated carbocycles. The molecule has 0 heterocycles. The molecule has 0 nitrogen and oxygen atoms in total. The fraction of sp³-hybridized carbons (Fsp3) is 0.529. The van der Waals surface area contributed by atoms with E-state index in [1.807, 2.05) is 41.5 Å². The molecule has 0 N–H and O–H groups in total. The van der Waals surface area contributed by atoms with Crippen molar-refractivity contribution in [3.63, 3.8) is 0 Å². The van der Waals surface area contributed by atoms with Crippen LogP contribution in [0, 0.1) is 34.7 Å². The van der Waals surface area contributed by atoms with Crippen LogP contribution in [0.25, 0.3) is 0 Å². The Morgan fingerprint density at radius 1 is 0.739 bits per heavy atom. The van der Waals surface area contributed by atoms with Gasteiger partial charge in [0.05, 0.1) is 5.56 Å². The lowest BCUT2D eigenvalue weighted by molar-refractivity contribution is 0.438. The zero-order valence-corrected chi connectivity index (χ0v) is 15.3. The van der Waals surface area contributed by atoms with E-state index in [4.69, 9.17) is 7.85 Å². The van der Waals surface area contributed by atoms with Crippen LogP contribution in [0.1, 0.15) is 47.1 Å². The van der Waals surface area contributed by atoms with Crippen LogP contribution < -0.4 is 5.46 Å². The quantitative estimate of drug-likeness (QED) is 0.248. The average molecular weight is 340 g/mol. The second-order valence-electron chi connectivity index (χ2n) is 6.69. The first-order valence-corrected chi connectivity index (χ1v) is 9.86. The molecule has 0 fully saturated rings. The predicted molar refractivity (Wildman–Crippen MR) is 89.6 cm³/mol. The van der Waals surface area contributed by atoms with Crippen LogP contribution in [0.2, 0.25) is 16.6 Å². The maximum absolute atomic E-state index is 14.0. The minimum atomic E-state index is -2.26. The Hall–Kier alpha value is -1.22. The largest absolute Gasteiger partial charge is 0.206 e. The highest BCUT2D eigenvalue weighted by Crippen LogP contribution is 2.40. The summed E-state index contributed by atoms with van der Waals surface area (Å²) in [6.07, 6.45) is 0. The Morgan fingerprint density at radius 3 is 1.57 bits per heavy atom. The van der Waals surface area contributed by atoms with Crippen LogP contribution in [0.3, 0.4) is 0 Å². The highest BCUT2D eigenvalue weighted by atomic mass is 28.3. The number of benzene rings is 1. The van der Waals surface area contributed by atoms with Gasteiger partial charge in [0, 0.05) is 0 Å². The second-order valence-corrected chi connectivity index (χ2v) is 12.3. The van der Waals surface area contributed by atoms with Crippen molar-refractivity contribution in [3.8, 4) is 11.5 Å². The van der Waals surface area contributed by atoms with Gasteiger partial charge in [-0.05, 0) is 22.1 Å². The maximum atomic E-state index is 14.0. The van der Waals surface area contributed by atoms with E-state index in [0.717, 1.165) is 0 Å². The second kappa shape index (κ2) is 7.13. The standard InChI is InChI=1S/C17H21BF4Si/c1-9(2)23(10(3)4,11(5)6)8-7-12-14(19)13(18)16(21)17(22)15(12)20/h9-11H,1-6H3. The van der Waals surface area contributed by atoms with Crippen LogP contribution >= 0.6 is 0 Å². The molecular weight excluding hydrogens is 319 g/mol. The van der Waals surface area contributed by atoms with Gasteiger partial charge in [-0.25, -0.2) is 17.6 Å². The summed E-state index contributed by atoms with van der Waals surface area (Å²) in [6, 6.07) is 0. The van der Waals surface area contributed by atoms with E-state index in [9.17, 15) is 17.6 Å². The van der Waals surface area contributed by atoms with Gasteiger partial charge in [0.15, 0.2) is 17.5 Å². The van der Waals surface area contributed by atoms with E-state index in [-0.39, 0.29) is 16.6 Å². The van der Waals surface area contributed by atoms with Gasteiger partial charge in [0.25, 0.3) is 0 Å². The lowest BCUT2D eigenvalue weighted by Gasteiger charge is -2.38. The third-order valence-corrected chi connectivity index (χ3v) is 10.9. The molecule has 1 rings (SSSR count). The first-order valence-electron chi connectivity index (χ1n) is 7.62. The fourth-order valence-corrected chi connectivity index (χ4v) is 8.57. The van der Waals surface area contributed by atoms with E-state index in [1.54, 1.807) is 0 Å². The van der Waals surface area contributed by atoms with Crippen molar-refractivity contribution in [2.24, 2.45) is 0 Å². The summed E-state index contributed by atoms with van der Waals surface area (Å²) in [5.74, 6) is -4.02. The van der Waals surface area contributed by atoms with Crippen LogP contribution in [0.4, 0.5) is 17.6 Å². The first-order chi connectivity index (χ1) is 10.5. The summed E-state index contributed by atoms with van der Waals surface area (Å²) in [7, 11) is 2.90. The lowest BCUT2D eigenvalue weighted by atomic mass is 9.92. The molecule has 0 atom stereocenters. The molecular formula is C17H21BF4Si. The minimum Gasteiger partial charge on any atom is -0.206 e. The molecule has 0 aromatic heterocycles. The smallest absolute Gasteiger partial charge is 0.195 e. The van der Waals surface area contributed by atoms with Gasteiger partial charge in [-0.3, -0.25) is 0 Å². The minimum absolute atomic E-state index is 0.240. The summed E-state index contributed by atoms with van der Waals surface area (Å²) in [5, 5.41) is 0. The number of halogens is 4. The van der Waals surface area contributed by atoms with Gasteiger partial charge in [-0.2, -0.15) is 0 Å². The predicted octanol–water partition coefficient (Wildman–Crippen LogP) is 4.61. The number of hydrogen-bond donors (Lipinski definition) is 0. The Balaban J connectivity index is 3.63. The zero-order valence-electron chi connectivity index (χ0n) is 14.3. The Labute approximate surface area is 138 Å². The van der Waals surface area contributed by atoms with E-state index >= 15 is 0 Å². The van der Waals surface area contributed by atoms with Crippen molar-refractivity contribution >= 4 is 21.4 Å². The maximum Gasteiger partial charge on any atom is 0.195 e. The molecule has 0 spiro atoms. The molecule has 124 valence electrons. The highest BCUT2D eigenvalue weighted by Gasteiger charge is 2.41. The van der Waals surface area contributed by atoms with Crippen LogP contribution in [-0.2, 0) is 0 Å². The SMILES string of the molecule is [B]c1c(F)c(F)c(F)c(C#C[Si](C(C)C)(C(C)C)C(C)C)c1F. The molecule has 0 saturated heterocycles. The molecule has 2 radical (unpaired) electrons. The van der Waals surface area contributed by atoms with E-state index in [1.165, 1.54) is 0 Å². The number of hydrogen-bond acceptors (Lipinski definition) is 0. The summed E-state index contributed by atoms with van der Waals surface area (Å²) in [4.78, 5) is 0. The van der Waals surface area contributed by atoms with Crippen molar-refractivity contribution in [2.45, 2.75) is 58.2 Å². The highest BCUT2D eigenvalue weighted by molar-refractivity contribution is 6.90. The van der Waals surface area contributed by atoms with Crippen LogP contribution in [0.5, 0.6) is 0 Å². The monoisotopic (exact) mass is 340 g/mol. The van der Waals surface area contributed by atoms with Crippen molar-refractivity contribution in [1.82, 2.24) is 0 Å². The van der Waals surface area contributed by atoms with E-state index in [0.29, 0.717) is 0 Å². The summed E-state index contributed by atoms with van der Waals surface area (Å²) in [5.41, 5.74) is 1.95. The van der Waals surface area contributed by atoms with Gasteiger partial charge >= 0.3 is 0 Å². The molecule has 0 aliphatic carbocycles. The number of rotatable bonds is 3. The third kappa shape index (κ3) is 3.35. The topological polar surface area (TPSA) is 0 Å². The first kappa shape index (κ1) is 19.8. The summed E-state index contributed by atoms with van der Waals surface area (Å²) in [6.45, 7) is 12.2. The lowest BCUT2D eigenvalue weighted by Crippen LogP contribution is -2.43. The molecule has 23 heavy (non-hydrogen) atoms. The normalized spacial score (nSPS) is 12.0. The van der Waals surface area contributed by atoms with Gasteiger partial charge in [0.2, 0.25) is 0 Å². The van der Waals surface area contributed by atoms with Crippen molar-refractivity contribution in [1.29, 1.82) is 0 Å². The molecule has 0 unspecified atom stereocenters. The molecule has 0 aliphatic heterocycles. The van der Waals surface area contributed by atoms with E-state index in [2.05, 4.69) is 11.5 Å². The molecule has 6 heteroatoms. The fourth-order valence-electron chi connectivity index (χ4n) is 3.37. The molecule has 1 aromatic carbocycles. The van der Waals surface area contributed by atoms with Crippen molar-refractivity contribution in [3.05, 3.63) is 28.8 Å². The van der Waals surface area contributed by atoms with Crippen LogP contribution in [-0.4, -0.2) is 15.9 Å². The van der Waals surface area contributed by atoms with Gasteiger partial charge in [0.1, 0.15) is 21.7 Å². The van der Waals surface area contributed by atoms with Gasteiger partial charge in [-0.1, -0.05) is 47.5 Å². The Bertz CT molecular complexity index is 606. The molecule has 0 bridgehead atoms.